The van der Waals surface area contributed by atoms with Crippen molar-refractivity contribution in [2.24, 2.45) is 0 Å². The van der Waals surface area contributed by atoms with Crippen LogP contribution in [0, 0.1) is 0 Å². The van der Waals surface area contributed by atoms with Crippen molar-refractivity contribution in [3.63, 3.8) is 0 Å². The van der Waals surface area contributed by atoms with Crippen LogP contribution in [-0.4, -0.2) is 0 Å². The quantitative estimate of drug-likeness (QED) is 0.671. The van der Waals surface area contributed by atoms with Crippen molar-refractivity contribution in [3.8, 4) is 0 Å². The van der Waals surface area contributed by atoms with E-state index in [9.17, 15) is 13.2 Å². The van der Waals surface area contributed by atoms with E-state index in [1.54, 1.807) is 6.07 Å². The molecular formula is C13H15F3. The molecule has 0 N–H and O–H groups in total. The smallest absolute Gasteiger partial charge is 0.166 e. The highest BCUT2D eigenvalue weighted by Gasteiger charge is 2.36. The Kier molecular flexibility index (Phi) is 2.72. The second kappa shape index (κ2) is 3.79. The van der Waals surface area contributed by atoms with E-state index in [1.807, 2.05) is 13.8 Å². The van der Waals surface area contributed by atoms with E-state index in [4.69, 9.17) is 0 Å². The first-order chi connectivity index (χ1) is 7.41. The van der Waals surface area contributed by atoms with E-state index in [0.29, 0.717) is 5.56 Å². The number of benzene rings is 1. The van der Waals surface area contributed by atoms with Gasteiger partial charge >= 0.3 is 6.18 Å². The summed E-state index contributed by atoms with van der Waals surface area (Å²) in [6.07, 6.45) is -1.52. The molecule has 16 heavy (non-hydrogen) atoms. The molecule has 0 amide bonds. The maximum absolute atomic E-state index is 12.9. The average Bonchev–Trinajstić information content (AvgIpc) is 2.61. The Bertz CT molecular complexity index is 402. The predicted molar refractivity (Wildman–Crippen MR) is 57.6 cm³/mol. The molecule has 0 unspecified atom stereocenters. The summed E-state index contributed by atoms with van der Waals surface area (Å²) in [6, 6.07) is 2.90. The monoisotopic (exact) mass is 228 g/mol. The van der Waals surface area contributed by atoms with Crippen LogP contribution in [0.3, 0.4) is 0 Å². The molecule has 0 bridgehead atoms. The Morgan fingerprint density at radius 2 is 1.81 bits per heavy atom. The summed E-state index contributed by atoms with van der Waals surface area (Å²) >= 11 is 0. The minimum Gasteiger partial charge on any atom is -0.166 e. The fourth-order valence-electron chi connectivity index (χ4n) is 2.60. The molecule has 1 aromatic rings. The van der Waals surface area contributed by atoms with Gasteiger partial charge in [0.15, 0.2) is 0 Å². The molecule has 2 rings (SSSR count). The second-order valence-corrected chi connectivity index (χ2v) is 4.67. The molecule has 0 saturated carbocycles. The molecule has 1 aromatic carbocycles. The maximum atomic E-state index is 12.9. The van der Waals surface area contributed by atoms with Crippen molar-refractivity contribution < 1.29 is 13.2 Å². The highest BCUT2D eigenvalue weighted by atomic mass is 19.4. The van der Waals surface area contributed by atoms with Gasteiger partial charge in [-0.05, 0) is 47.9 Å². The third kappa shape index (κ3) is 1.83. The van der Waals surface area contributed by atoms with E-state index in [2.05, 4.69) is 0 Å². The lowest BCUT2D eigenvalue weighted by atomic mass is 9.89. The lowest BCUT2D eigenvalue weighted by Gasteiger charge is -2.19. The van der Waals surface area contributed by atoms with Crippen LogP contribution < -0.4 is 0 Å². The minimum atomic E-state index is -4.22. The lowest BCUT2D eigenvalue weighted by molar-refractivity contribution is -0.138. The summed E-state index contributed by atoms with van der Waals surface area (Å²) in [5.41, 5.74) is 2.13. The van der Waals surface area contributed by atoms with Gasteiger partial charge in [0.2, 0.25) is 0 Å². The van der Waals surface area contributed by atoms with Crippen LogP contribution in [0.4, 0.5) is 13.2 Å². The average molecular weight is 228 g/mol. The Balaban J connectivity index is 2.63. The van der Waals surface area contributed by atoms with Gasteiger partial charge in [0.1, 0.15) is 0 Å². The van der Waals surface area contributed by atoms with E-state index in [0.717, 1.165) is 30.4 Å². The first-order valence-corrected chi connectivity index (χ1v) is 5.63. The van der Waals surface area contributed by atoms with Crippen molar-refractivity contribution >= 4 is 0 Å². The molecule has 0 saturated heterocycles. The van der Waals surface area contributed by atoms with Gasteiger partial charge in [-0.2, -0.15) is 13.2 Å². The Labute approximate surface area is 93.5 Å². The number of aryl methyl sites for hydroxylation is 1. The van der Waals surface area contributed by atoms with Crippen LogP contribution in [0.5, 0.6) is 0 Å². The van der Waals surface area contributed by atoms with Gasteiger partial charge in [0.05, 0.1) is 5.56 Å². The Morgan fingerprint density at radius 1 is 1.12 bits per heavy atom. The van der Waals surface area contributed by atoms with Crippen molar-refractivity contribution in [2.45, 2.75) is 45.2 Å². The standard InChI is InChI=1S/C13H15F3/c1-8(2)12-10-5-3-4-9(10)6-7-11(12)13(14,15)16/h6-8H,3-5H2,1-2H3. The van der Waals surface area contributed by atoms with Crippen molar-refractivity contribution in [1.82, 2.24) is 0 Å². The maximum Gasteiger partial charge on any atom is 0.416 e. The van der Waals surface area contributed by atoms with Gasteiger partial charge in [0.25, 0.3) is 0 Å². The molecular weight excluding hydrogens is 213 g/mol. The number of halogens is 3. The summed E-state index contributed by atoms with van der Waals surface area (Å²) in [4.78, 5) is 0. The van der Waals surface area contributed by atoms with Crippen molar-refractivity contribution in [1.29, 1.82) is 0 Å². The Morgan fingerprint density at radius 3 is 2.38 bits per heavy atom. The molecule has 88 valence electrons. The molecule has 0 nitrogen and oxygen atoms in total. The zero-order valence-electron chi connectivity index (χ0n) is 9.49. The highest BCUT2D eigenvalue weighted by Crippen LogP contribution is 2.40. The summed E-state index contributed by atoms with van der Waals surface area (Å²) in [6.45, 7) is 3.67. The Hall–Kier alpha value is -0.990. The van der Waals surface area contributed by atoms with Gasteiger partial charge < -0.3 is 0 Å². The van der Waals surface area contributed by atoms with Crippen LogP contribution in [0.2, 0.25) is 0 Å². The molecule has 3 heteroatoms. The molecule has 0 heterocycles. The summed E-state index contributed by atoms with van der Waals surface area (Å²) in [5, 5.41) is 0. The fraction of sp³-hybridized carbons (Fsp3) is 0.538. The van der Waals surface area contributed by atoms with Crippen LogP contribution in [0.15, 0.2) is 12.1 Å². The number of hydrogen-bond acceptors (Lipinski definition) is 0. The van der Waals surface area contributed by atoms with E-state index in [1.165, 1.54) is 6.07 Å². The number of alkyl halides is 3. The molecule has 0 spiro atoms. The second-order valence-electron chi connectivity index (χ2n) is 4.67. The number of fused-ring (bicyclic) bond motifs is 1. The van der Waals surface area contributed by atoms with E-state index in [-0.39, 0.29) is 5.92 Å². The summed E-state index contributed by atoms with van der Waals surface area (Å²) in [7, 11) is 0. The van der Waals surface area contributed by atoms with Gasteiger partial charge in [-0.1, -0.05) is 19.9 Å². The zero-order valence-corrected chi connectivity index (χ0v) is 9.49. The highest BCUT2D eigenvalue weighted by molar-refractivity contribution is 5.46. The summed E-state index contributed by atoms with van der Waals surface area (Å²) in [5.74, 6) is -0.0651. The topological polar surface area (TPSA) is 0 Å². The molecule has 0 radical (unpaired) electrons. The summed E-state index contributed by atoms with van der Waals surface area (Å²) < 4.78 is 38.6. The van der Waals surface area contributed by atoms with Crippen LogP contribution >= 0.6 is 0 Å². The first-order valence-electron chi connectivity index (χ1n) is 5.63. The van der Waals surface area contributed by atoms with Gasteiger partial charge in [-0.15, -0.1) is 0 Å². The molecule has 1 aliphatic rings. The van der Waals surface area contributed by atoms with E-state index < -0.39 is 11.7 Å². The largest absolute Gasteiger partial charge is 0.416 e. The molecule has 0 atom stereocenters. The fourth-order valence-corrected chi connectivity index (χ4v) is 2.60. The molecule has 0 fully saturated rings. The third-order valence-corrected chi connectivity index (χ3v) is 3.21. The zero-order chi connectivity index (χ0) is 11.9. The van der Waals surface area contributed by atoms with Gasteiger partial charge in [0, 0.05) is 0 Å². The van der Waals surface area contributed by atoms with Gasteiger partial charge in [-0.25, -0.2) is 0 Å². The minimum absolute atomic E-state index is 0.0651. The van der Waals surface area contributed by atoms with Crippen molar-refractivity contribution in [3.05, 3.63) is 34.4 Å². The predicted octanol–water partition coefficient (Wildman–Crippen LogP) is 4.32. The van der Waals surface area contributed by atoms with Crippen LogP contribution in [0.1, 0.15) is 48.4 Å². The third-order valence-electron chi connectivity index (χ3n) is 3.21. The molecule has 0 aliphatic heterocycles. The SMILES string of the molecule is CC(C)c1c(C(F)(F)F)ccc2c1CCC2. The molecule has 0 aromatic heterocycles. The van der Waals surface area contributed by atoms with Crippen LogP contribution in [-0.2, 0) is 19.0 Å². The molecule has 1 aliphatic carbocycles. The van der Waals surface area contributed by atoms with Gasteiger partial charge in [-0.3, -0.25) is 0 Å². The lowest BCUT2D eigenvalue weighted by Crippen LogP contribution is -2.12. The normalized spacial score (nSPS) is 15.6. The number of rotatable bonds is 1. The van der Waals surface area contributed by atoms with Crippen molar-refractivity contribution in [2.75, 3.05) is 0 Å². The van der Waals surface area contributed by atoms with Crippen LogP contribution in [0.25, 0.3) is 0 Å². The first kappa shape index (κ1) is 11.5. The van der Waals surface area contributed by atoms with E-state index >= 15 is 0 Å². The number of hydrogen-bond donors (Lipinski definition) is 0.